The first kappa shape index (κ1) is 12.2. The number of carbonyl (C=O) groups excluding carboxylic acids is 1. The van der Waals surface area contributed by atoms with Gasteiger partial charge in [0.1, 0.15) is 11.5 Å². The molecule has 100 valence electrons. The van der Waals surface area contributed by atoms with Crippen LogP contribution in [0.25, 0.3) is 0 Å². The molecule has 1 aliphatic heterocycles. The smallest absolute Gasteiger partial charge is 0.269 e. The van der Waals surface area contributed by atoms with Crippen molar-refractivity contribution < 1.29 is 14.5 Å². The number of nitro groups is 1. The number of hydrogen-bond acceptors (Lipinski definition) is 4. The fraction of sp³-hybridized carbons (Fsp3) is 0.0714. The van der Waals surface area contributed by atoms with Crippen LogP contribution >= 0.6 is 0 Å². The van der Waals surface area contributed by atoms with Crippen molar-refractivity contribution in [1.29, 1.82) is 0 Å². The molecule has 0 aliphatic carbocycles. The summed E-state index contributed by atoms with van der Waals surface area (Å²) in [6.45, 7) is 0.534. The van der Waals surface area contributed by atoms with E-state index in [1.807, 2.05) is 6.07 Å². The molecule has 1 N–H and O–H groups in total. The molecule has 1 aliphatic rings. The highest BCUT2D eigenvalue weighted by atomic mass is 16.6. The number of amides is 1. The molecule has 1 heterocycles. The number of nitrogens with zero attached hydrogens (tertiary/aromatic N) is 1. The molecule has 0 spiro atoms. The summed E-state index contributed by atoms with van der Waals surface area (Å²) in [7, 11) is 0. The first-order chi connectivity index (χ1) is 9.63. The number of hydrogen-bond donors (Lipinski definition) is 1. The summed E-state index contributed by atoms with van der Waals surface area (Å²) in [4.78, 5) is 21.6. The standard InChI is InChI=1S/C14H10N2O4/c17-14-13-7-12(4-1-9(13)8-15-14)20-11-5-2-10(3-6-11)16(18)19/h1-7H,8H2,(H,15,17). The maximum Gasteiger partial charge on any atom is 0.269 e. The van der Waals surface area contributed by atoms with Gasteiger partial charge in [0.15, 0.2) is 0 Å². The molecule has 0 aromatic heterocycles. The van der Waals surface area contributed by atoms with Crippen LogP contribution in [-0.2, 0) is 6.54 Å². The molecule has 0 saturated carbocycles. The van der Waals surface area contributed by atoms with Gasteiger partial charge in [-0.15, -0.1) is 0 Å². The van der Waals surface area contributed by atoms with Gasteiger partial charge in [0.2, 0.25) is 0 Å². The van der Waals surface area contributed by atoms with Crippen LogP contribution in [0.5, 0.6) is 11.5 Å². The second-order valence-corrected chi connectivity index (χ2v) is 4.35. The van der Waals surface area contributed by atoms with E-state index in [1.54, 1.807) is 12.1 Å². The maximum absolute atomic E-state index is 11.5. The zero-order chi connectivity index (χ0) is 14.1. The maximum atomic E-state index is 11.5. The molecule has 2 aromatic rings. The Morgan fingerprint density at radius 2 is 1.80 bits per heavy atom. The lowest BCUT2D eigenvalue weighted by Gasteiger charge is -2.06. The first-order valence-electron chi connectivity index (χ1n) is 5.97. The molecule has 20 heavy (non-hydrogen) atoms. The van der Waals surface area contributed by atoms with Crippen LogP contribution < -0.4 is 10.1 Å². The van der Waals surface area contributed by atoms with Crippen molar-refractivity contribution in [3.05, 3.63) is 63.7 Å². The predicted octanol–water partition coefficient (Wildman–Crippen LogP) is 2.63. The Morgan fingerprint density at radius 1 is 1.10 bits per heavy atom. The molecule has 0 radical (unpaired) electrons. The van der Waals surface area contributed by atoms with Crippen molar-refractivity contribution in [2.45, 2.75) is 6.54 Å². The zero-order valence-electron chi connectivity index (χ0n) is 10.3. The van der Waals surface area contributed by atoms with Crippen molar-refractivity contribution in [1.82, 2.24) is 5.32 Å². The van der Waals surface area contributed by atoms with Gasteiger partial charge in [0.05, 0.1) is 4.92 Å². The number of fused-ring (bicyclic) bond motifs is 1. The quantitative estimate of drug-likeness (QED) is 0.686. The molecule has 6 nitrogen and oxygen atoms in total. The van der Waals surface area contributed by atoms with Gasteiger partial charge in [-0.2, -0.15) is 0 Å². The molecule has 3 rings (SSSR count). The van der Waals surface area contributed by atoms with Crippen LogP contribution in [-0.4, -0.2) is 10.8 Å². The van der Waals surface area contributed by atoms with Crippen LogP contribution in [0.3, 0.4) is 0 Å². The fourth-order valence-corrected chi connectivity index (χ4v) is 2.03. The van der Waals surface area contributed by atoms with Crippen LogP contribution in [0.2, 0.25) is 0 Å². The molecule has 0 saturated heterocycles. The van der Waals surface area contributed by atoms with E-state index >= 15 is 0 Å². The Bertz CT molecular complexity index is 695. The van der Waals surface area contributed by atoms with Gasteiger partial charge >= 0.3 is 0 Å². The lowest BCUT2D eigenvalue weighted by atomic mass is 10.1. The number of benzene rings is 2. The van der Waals surface area contributed by atoms with Crippen molar-refractivity contribution >= 4 is 11.6 Å². The van der Waals surface area contributed by atoms with Gasteiger partial charge in [0, 0.05) is 24.2 Å². The number of carbonyl (C=O) groups is 1. The van der Waals surface area contributed by atoms with Gasteiger partial charge in [-0.25, -0.2) is 0 Å². The molecule has 0 fully saturated rings. The largest absolute Gasteiger partial charge is 0.457 e. The molecule has 0 atom stereocenters. The van der Waals surface area contributed by atoms with Crippen LogP contribution in [0.4, 0.5) is 5.69 Å². The third-order valence-corrected chi connectivity index (χ3v) is 3.05. The van der Waals surface area contributed by atoms with E-state index in [4.69, 9.17) is 4.74 Å². The molecular formula is C14H10N2O4. The SMILES string of the molecule is O=C1NCc2ccc(Oc3ccc([N+](=O)[O-])cc3)cc21. The molecule has 6 heteroatoms. The van der Waals surface area contributed by atoms with Crippen LogP contribution in [0.1, 0.15) is 15.9 Å². The van der Waals surface area contributed by atoms with Gasteiger partial charge in [-0.1, -0.05) is 6.07 Å². The summed E-state index contributed by atoms with van der Waals surface area (Å²) < 4.78 is 5.58. The zero-order valence-corrected chi connectivity index (χ0v) is 10.3. The lowest BCUT2D eigenvalue weighted by Crippen LogP contribution is -2.12. The molecule has 0 bridgehead atoms. The molecule has 0 unspecified atom stereocenters. The number of non-ortho nitro benzene ring substituents is 1. The Balaban J connectivity index is 1.83. The highest BCUT2D eigenvalue weighted by Gasteiger charge is 2.19. The fourth-order valence-electron chi connectivity index (χ4n) is 2.03. The minimum atomic E-state index is -0.469. The second-order valence-electron chi connectivity index (χ2n) is 4.35. The number of nitrogens with one attached hydrogen (secondary N) is 1. The van der Waals surface area contributed by atoms with E-state index in [-0.39, 0.29) is 11.6 Å². The highest BCUT2D eigenvalue weighted by molar-refractivity contribution is 5.98. The third kappa shape index (κ3) is 2.18. The second kappa shape index (κ2) is 4.65. The van der Waals surface area contributed by atoms with E-state index in [0.717, 1.165) is 5.56 Å². The predicted molar refractivity (Wildman–Crippen MR) is 70.8 cm³/mol. The average Bonchev–Trinajstić information content (AvgIpc) is 2.81. The minimum absolute atomic E-state index is 0.00526. The van der Waals surface area contributed by atoms with Gasteiger partial charge in [-0.3, -0.25) is 14.9 Å². The van der Waals surface area contributed by atoms with Gasteiger partial charge in [-0.05, 0) is 29.8 Å². The summed E-state index contributed by atoms with van der Waals surface area (Å²) in [5.41, 5.74) is 1.54. The van der Waals surface area contributed by atoms with E-state index in [9.17, 15) is 14.9 Å². The lowest BCUT2D eigenvalue weighted by molar-refractivity contribution is -0.384. The number of nitro benzene ring substituents is 1. The Morgan fingerprint density at radius 3 is 2.50 bits per heavy atom. The Labute approximate surface area is 114 Å². The van der Waals surface area contributed by atoms with Gasteiger partial charge < -0.3 is 10.1 Å². The summed E-state index contributed by atoms with van der Waals surface area (Å²) in [6, 6.07) is 11.0. The summed E-state index contributed by atoms with van der Waals surface area (Å²) >= 11 is 0. The number of ether oxygens (including phenoxy) is 1. The minimum Gasteiger partial charge on any atom is -0.457 e. The third-order valence-electron chi connectivity index (χ3n) is 3.05. The summed E-state index contributed by atoms with van der Waals surface area (Å²) in [5.74, 6) is 0.887. The Kier molecular flexibility index (Phi) is 2.83. The van der Waals surface area contributed by atoms with E-state index < -0.39 is 4.92 Å². The van der Waals surface area contributed by atoms with E-state index in [1.165, 1.54) is 24.3 Å². The number of rotatable bonds is 3. The summed E-state index contributed by atoms with van der Waals surface area (Å²) in [6.07, 6.45) is 0. The summed E-state index contributed by atoms with van der Waals surface area (Å²) in [5, 5.41) is 13.3. The van der Waals surface area contributed by atoms with E-state index in [0.29, 0.717) is 23.6 Å². The van der Waals surface area contributed by atoms with Crippen LogP contribution in [0.15, 0.2) is 42.5 Å². The van der Waals surface area contributed by atoms with Crippen LogP contribution in [0, 0.1) is 10.1 Å². The normalized spacial score (nSPS) is 12.7. The molecule has 2 aromatic carbocycles. The van der Waals surface area contributed by atoms with Gasteiger partial charge in [0.25, 0.3) is 11.6 Å². The van der Waals surface area contributed by atoms with Crippen molar-refractivity contribution in [2.24, 2.45) is 0 Å². The van der Waals surface area contributed by atoms with E-state index in [2.05, 4.69) is 5.32 Å². The Hall–Kier alpha value is -2.89. The monoisotopic (exact) mass is 270 g/mol. The van der Waals surface area contributed by atoms with Crippen molar-refractivity contribution in [2.75, 3.05) is 0 Å². The average molecular weight is 270 g/mol. The van der Waals surface area contributed by atoms with Crippen molar-refractivity contribution in [3.8, 4) is 11.5 Å². The molecular weight excluding hydrogens is 260 g/mol. The molecule has 1 amide bonds. The van der Waals surface area contributed by atoms with Crippen molar-refractivity contribution in [3.63, 3.8) is 0 Å². The first-order valence-corrected chi connectivity index (χ1v) is 5.97. The topological polar surface area (TPSA) is 81.5 Å². The highest BCUT2D eigenvalue weighted by Crippen LogP contribution is 2.27.